The second kappa shape index (κ2) is 8.71. The van der Waals surface area contributed by atoms with Crippen LogP contribution in [0, 0.1) is 0 Å². The summed E-state index contributed by atoms with van der Waals surface area (Å²) in [6.07, 6.45) is 0. The van der Waals surface area contributed by atoms with Crippen molar-refractivity contribution in [2.75, 3.05) is 0 Å². The van der Waals surface area contributed by atoms with E-state index >= 15 is 0 Å². The van der Waals surface area contributed by atoms with E-state index in [0.29, 0.717) is 0 Å². The van der Waals surface area contributed by atoms with E-state index in [1.54, 1.807) is 0 Å². The van der Waals surface area contributed by atoms with Crippen LogP contribution < -0.4 is 29.6 Å². The SMILES string of the molecule is O.O=S(=O)([O-])[O-].[Na+].[Zr+4]. The molecule has 0 saturated carbocycles. The maximum Gasteiger partial charge on any atom is 4.00 e. The zero-order valence-electron chi connectivity index (χ0n) is 4.04. The summed E-state index contributed by atoms with van der Waals surface area (Å²) in [4.78, 5) is 0. The maximum atomic E-state index is 8.52. The van der Waals surface area contributed by atoms with Crippen LogP contribution in [-0.4, -0.2) is 23.0 Å². The number of hydrogen-bond donors (Lipinski definition) is 0. The molecule has 0 aliphatic rings. The van der Waals surface area contributed by atoms with Gasteiger partial charge in [-0.1, -0.05) is 0 Å². The molecule has 0 heterocycles. The second-order valence-electron chi connectivity index (χ2n) is 0.408. The normalized spacial score (nSPS) is 7.25. The summed E-state index contributed by atoms with van der Waals surface area (Å²) in [6, 6.07) is 0. The Morgan fingerprint density at radius 3 is 1.12 bits per heavy atom. The molecule has 0 aromatic carbocycles. The van der Waals surface area contributed by atoms with Gasteiger partial charge in [-0.2, -0.15) is 0 Å². The third kappa shape index (κ3) is 118. The number of hydrogen-bond acceptors (Lipinski definition) is 4. The summed E-state index contributed by atoms with van der Waals surface area (Å²) in [5, 5.41) is 0. The minimum absolute atomic E-state index is 0. The van der Waals surface area contributed by atoms with Crippen LogP contribution in [-0.2, 0) is 36.6 Å². The van der Waals surface area contributed by atoms with Gasteiger partial charge in [-0.05, 0) is 0 Å². The minimum atomic E-state index is -5.17. The van der Waals surface area contributed by atoms with E-state index in [0.717, 1.165) is 0 Å². The smallest absolute Gasteiger partial charge is 0.759 e. The largest absolute Gasteiger partial charge is 4.00 e. The third-order valence-electron chi connectivity index (χ3n) is 0. The molecule has 2 N–H and O–H groups in total. The fourth-order valence-corrected chi connectivity index (χ4v) is 0. The molecule has 40 valence electrons. The molecule has 0 amide bonds. The van der Waals surface area contributed by atoms with Crippen LogP contribution in [0.4, 0.5) is 0 Å². The Hall–Kier alpha value is 1.71. The van der Waals surface area contributed by atoms with E-state index < -0.39 is 10.4 Å². The second-order valence-corrected chi connectivity index (χ2v) is 1.22. The number of rotatable bonds is 0. The summed E-state index contributed by atoms with van der Waals surface area (Å²) >= 11 is 0. The monoisotopic (exact) mass is 227 g/mol. The van der Waals surface area contributed by atoms with Gasteiger partial charge in [-0.15, -0.1) is 0 Å². The van der Waals surface area contributed by atoms with Crippen molar-refractivity contribution in [1.82, 2.24) is 0 Å². The predicted octanol–water partition coefficient (Wildman–Crippen LogP) is -5.16. The Balaban J connectivity index is -0.0000000267. The minimum Gasteiger partial charge on any atom is -0.759 e. The molecular formula is H2NaO5SZr+3. The van der Waals surface area contributed by atoms with Crippen molar-refractivity contribution in [3.8, 4) is 0 Å². The molecule has 8 heavy (non-hydrogen) atoms. The molecule has 0 saturated heterocycles. The van der Waals surface area contributed by atoms with Crippen LogP contribution in [0.3, 0.4) is 0 Å². The molecule has 0 unspecified atom stereocenters. The molecule has 8 heteroatoms. The summed E-state index contributed by atoms with van der Waals surface area (Å²) in [5.41, 5.74) is 0. The molecule has 0 aromatic heterocycles. The fourth-order valence-electron chi connectivity index (χ4n) is 0. The van der Waals surface area contributed by atoms with Crippen LogP contribution >= 0.6 is 0 Å². The van der Waals surface area contributed by atoms with Gasteiger partial charge < -0.3 is 14.6 Å². The first-order valence-corrected chi connectivity index (χ1v) is 2.00. The van der Waals surface area contributed by atoms with Crippen molar-refractivity contribution in [2.45, 2.75) is 0 Å². The molecule has 0 radical (unpaired) electrons. The van der Waals surface area contributed by atoms with Gasteiger partial charge in [0.05, 0.1) is 0 Å². The summed E-state index contributed by atoms with van der Waals surface area (Å²) < 4.78 is 34.1. The summed E-state index contributed by atoms with van der Waals surface area (Å²) in [6.45, 7) is 0. The molecule has 0 aliphatic carbocycles. The van der Waals surface area contributed by atoms with Gasteiger partial charge in [0, 0.05) is 10.4 Å². The Bertz CT molecular complexity index is 95.6. The molecule has 0 fully saturated rings. The molecular weight excluding hydrogens is 226 g/mol. The van der Waals surface area contributed by atoms with Crippen LogP contribution in [0.15, 0.2) is 0 Å². The van der Waals surface area contributed by atoms with Crippen molar-refractivity contribution in [2.24, 2.45) is 0 Å². The van der Waals surface area contributed by atoms with Crippen molar-refractivity contribution < 1.29 is 78.8 Å². The Morgan fingerprint density at radius 2 is 1.12 bits per heavy atom. The molecule has 0 aromatic rings. The average molecular weight is 228 g/mol. The molecule has 0 aliphatic heterocycles. The van der Waals surface area contributed by atoms with Gasteiger partial charge in [-0.25, -0.2) is 0 Å². The Labute approximate surface area is 88.1 Å². The van der Waals surface area contributed by atoms with E-state index in [1.165, 1.54) is 0 Å². The van der Waals surface area contributed by atoms with E-state index in [-0.39, 0.29) is 61.2 Å². The van der Waals surface area contributed by atoms with Gasteiger partial charge in [-0.3, -0.25) is 8.42 Å². The summed E-state index contributed by atoms with van der Waals surface area (Å²) in [5.74, 6) is 0. The molecule has 0 atom stereocenters. The van der Waals surface area contributed by atoms with Crippen molar-refractivity contribution in [3.63, 3.8) is 0 Å². The molecule has 0 bridgehead atoms. The van der Waals surface area contributed by atoms with Crippen LogP contribution in [0.2, 0.25) is 0 Å². The molecule has 0 rings (SSSR count). The standard InChI is InChI=1S/Na.H2O4S.H2O.Zr/c;1-5(2,3)4;;/h;(H2,1,2,3,4);1H2;/q+1;;;+4/p-2. The average Bonchev–Trinajstić information content (AvgIpc) is 0.722. The Kier molecular flexibility index (Phi) is 24.6. The third-order valence-corrected chi connectivity index (χ3v) is 0. The van der Waals surface area contributed by atoms with Gasteiger partial charge >= 0.3 is 55.8 Å². The van der Waals surface area contributed by atoms with E-state index in [2.05, 4.69) is 0 Å². The quantitative estimate of drug-likeness (QED) is 0.234. The first kappa shape index (κ1) is 22.6. The molecule has 0 spiro atoms. The van der Waals surface area contributed by atoms with Gasteiger partial charge in [0.15, 0.2) is 0 Å². The Morgan fingerprint density at radius 1 is 1.12 bits per heavy atom. The topological polar surface area (TPSA) is 112 Å². The zero-order valence-corrected chi connectivity index (χ0v) is 9.32. The van der Waals surface area contributed by atoms with Crippen molar-refractivity contribution >= 4 is 10.4 Å². The molecule has 5 nitrogen and oxygen atoms in total. The van der Waals surface area contributed by atoms with E-state index in [1.807, 2.05) is 0 Å². The van der Waals surface area contributed by atoms with Crippen LogP contribution in [0.1, 0.15) is 0 Å². The summed E-state index contributed by atoms with van der Waals surface area (Å²) in [7, 11) is -5.17. The van der Waals surface area contributed by atoms with Crippen LogP contribution in [0.25, 0.3) is 0 Å². The van der Waals surface area contributed by atoms with Crippen LogP contribution in [0.5, 0.6) is 0 Å². The zero-order chi connectivity index (χ0) is 4.50. The van der Waals surface area contributed by atoms with Gasteiger partial charge in [0.25, 0.3) is 0 Å². The van der Waals surface area contributed by atoms with Crippen molar-refractivity contribution in [1.29, 1.82) is 0 Å². The van der Waals surface area contributed by atoms with Gasteiger partial charge in [0.2, 0.25) is 0 Å². The van der Waals surface area contributed by atoms with E-state index in [4.69, 9.17) is 17.5 Å². The predicted molar refractivity (Wildman–Crippen MR) is 14.1 cm³/mol. The maximum absolute atomic E-state index is 8.52. The first-order chi connectivity index (χ1) is 2.00. The fraction of sp³-hybridized carbons (Fsp3) is 0. The van der Waals surface area contributed by atoms with E-state index in [9.17, 15) is 0 Å². The van der Waals surface area contributed by atoms with Gasteiger partial charge in [0.1, 0.15) is 0 Å². The van der Waals surface area contributed by atoms with Crippen molar-refractivity contribution in [3.05, 3.63) is 0 Å². The first-order valence-electron chi connectivity index (χ1n) is 0.667.